The van der Waals surface area contributed by atoms with E-state index in [1.54, 1.807) is 0 Å². The predicted molar refractivity (Wildman–Crippen MR) is 96.2 cm³/mol. The molecule has 0 spiro atoms. The molecule has 0 atom stereocenters. The van der Waals surface area contributed by atoms with Gasteiger partial charge in [0.05, 0.1) is 5.69 Å². The van der Waals surface area contributed by atoms with Crippen LogP contribution in [0.25, 0.3) is 0 Å². The van der Waals surface area contributed by atoms with Crippen molar-refractivity contribution < 1.29 is 0 Å². The topological polar surface area (TPSA) is 50.7 Å². The standard InChI is InChI=1S/C20H17N3/c21-19(16-10-4-1-5-11-16)23-20(17-12-6-2-7-13-17)22-18-14-8-3-9-15-18/h1-15H,(H2,21,22,23). The van der Waals surface area contributed by atoms with E-state index in [-0.39, 0.29) is 0 Å². The van der Waals surface area contributed by atoms with Crippen LogP contribution >= 0.6 is 0 Å². The maximum atomic E-state index is 6.16. The maximum Gasteiger partial charge on any atom is 0.162 e. The molecule has 0 bridgehead atoms. The van der Waals surface area contributed by atoms with E-state index >= 15 is 0 Å². The molecule has 2 N–H and O–H groups in total. The number of amidine groups is 2. The summed E-state index contributed by atoms with van der Waals surface area (Å²) < 4.78 is 0. The van der Waals surface area contributed by atoms with Crippen LogP contribution in [-0.4, -0.2) is 11.7 Å². The number of hydrogen-bond acceptors (Lipinski definition) is 1. The van der Waals surface area contributed by atoms with E-state index < -0.39 is 0 Å². The van der Waals surface area contributed by atoms with Crippen LogP contribution in [0.3, 0.4) is 0 Å². The third-order valence-corrected chi connectivity index (χ3v) is 3.32. The molecule has 0 amide bonds. The van der Waals surface area contributed by atoms with Crippen molar-refractivity contribution in [2.45, 2.75) is 0 Å². The van der Waals surface area contributed by atoms with Crippen molar-refractivity contribution in [3.63, 3.8) is 0 Å². The average Bonchev–Trinajstić information content (AvgIpc) is 2.63. The molecule has 23 heavy (non-hydrogen) atoms. The van der Waals surface area contributed by atoms with Crippen molar-refractivity contribution in [1.82, 2.24) is 0 Å². The van der Waals surface area contributed by atoms with Crippen LogP contribution < -0.4 is 5.73 Å². The number of para-hydroxylation sites is 1. The number of aliphatic imine (C=N–C) groups is 2. The molecule has 112 valence electrons. The summed E-state index contributed by atoms with van der Waals surface area (Å²) in [6.07, 6.45) is 0. The summed E-state index contributed by atoms with van der Waals surface area (Å²) in [6, 6.07) is 29.3. The van der Waals surface area contributed by atoms with Gasteiger partial charge in [-0.3, -0.25) is 0 Å². The van der Waals surface area contributed by atoms with Crippen molar-refractivity contribution in [2.75, 3.05) is 0 Å². The normalized spacial score (nSPS) is 12.2. The molecule has 0 unspecified atom stereocenters. The first kappa shape index (κ1) is 14.7. The van der Waals surface area contributed by atoms with Gasteiger partial charge in [0.25, 0.3) is 0 Å². The van der Waals surface area contributed by atoms with Crippen molar-refractivity contribution >= 4 is 17.4 Å². The summed E-state index contributed by atoms with van der Waals surface area (Å²) in [7, 11) is 0. The van der Waals surface area contributed by atoms with Gasteiger partial charge in [-0.1, -0.05) is 78.9 Å². The zero-order chi connectivity index (χ0) is 15.9. The molecule has 3 aromatic rings. The number of benzene rings is 3. The summed E-state index contributed by atoms with van der Waals surface area (Å²) in [4.78, 5) is 9.20. The Hall–Kier alpha value is -3.20. The zero-order valence-electron chi connectivity index (χ0n) is 12.6. The highest BCUT2D eigenvalue weighted by atomic mass is 15.0. The van der Waals surface area contributed by atoms with Crippen LogP contribution in [0.4, 0.5) is 5.69 Å². The second-order valence-corrected chi connectivity index (χ2v) is 5.00. The maximum absolute atomic E-state index is 6.16. The minimum atomic E-state index is 0.448. The number of rotatable bonds is 3. The highest BCUT2D eigenvalue weighted by Gasteiger charge is 2.05. The lowest BCUT2D eigenvalue weighted by Crippen LogP contribution is -2.16. The Balaban J connectivity index is 2.04. The van der Waals surface area contributed by atoms with Gasteiger partial charge in [0.2, 0.25) is 0 Å². The molecule has 0 aliphatic rings. The van der Waals surface area contributed by atoms with Crippen LogP contribution in [0.1, 0.15) is 11.1 Å². The van der Waals surface area contributed by atoms with Gasteiger partial charge in [-0.2, -0.15) is 0 Å². The van der Waals surface area contributed by atoms with E-state index in [1.165, 1.54) is 0 Å². The zero-order valence-corrected chi connectivity index (χ0v) is 12.6. The van der Waals surface area contributed by atoms with E-state index in [0.717, 1.165) is 16.8 Å². The van der Waals surface area contributed by atoms with Crippen LogP contribution in [-0.2, 0) is 0 Å². The molecule has 3 aromatic carbocycles. The average molecular weight is 299 g/mol. The quantitative estimate of drug-likeness (QED) is 0.572. The summed E-state index contributed by atoms with van der Waals surface area (Å²) in [5.74, 6) is 1.04. The molecule has 0 heterocycles. The van der Waals surface area contributed by atoms with Gasteiger partial charge in [0.15, 0.2) is 5.84 Å². The molecule has 3 rings (SSSR count). The third kappa shape index (κ3) is 3.92. The molecule has 3 heteroatoms. The summed E-state index contributed by atoms with van der Waals surface area (Å²) in [5.41, 5.74) is 8.80. The van der Waals surface area contributed by atoms with Gasteiger partial charge in [-0.05, 0) is 12.1 Å². The van der Waals surface area contributed by atoms with Crippen molar-refractivity contribution in [2.24, 2.45) is 15.7 Å². The molecule has 0 aromatic heterocycles. The van der Waals surface area contributed by atoms with E-state index in [9.17, 15) is 0 Å². The second-order valence-electron chi connectivity index (χ2n) is 5.00. The lowest BCUT2D eigenvalue weighted by Gasteiger charge is -2.05. The van der Waals surface area contributed by atoms with Gasteiger partial charge in [-0.15, -0.1) is 0 Å². The molecule has 0 aliphatic carbocycles. The molecule has 0 saturated heterocycles. The van der Waals surface area contributed by atoms with Crippen molar-refractivity contribution in [3.8, 4) is 0 Å². The van der Waals surface area contributed by atoms with Gasteiger partial charge in [-0.25, -0.2) is 9.98 Å². The minimum absolute atomic E-state index is 0.448. The monoisotopic (exact) mass is 299 g/mol. The number of nitrogens with zero attached hydrogens (tertiary/aromatic N) is 2. The Bertz CT molecular complexity index is 807. The van der Waals surface area contributed by atoms with Crippen LogP contribution in [0.5, 0.6) is 0 Å². The minimum Gasteiger partial charge on any atom is -0.383 e. The molecule has 0 aliphatic heterocycles. The van der Waals surface area contributed by atoms with E-state index in [2.05, 4.69) is 9.98 Å². The molecule has 0 radical (unpaired) electrons. The summed E-state index contributed by atoms with van der Waals surface area (Å²) in [5, 5.41) is 0. The Kier molecular flexibility index (Phi) is 4.60. The highest BCUT2D eigenvalue weighted by Crippen LogP contribution is 2.14. The fourth-order valence-corrected chi connectivity index (χ4v) is 2.15. The van der Waals surface area contributed by atoms with E-state index in [4.69, 9.17) is 5.73 Å². The van der Waals surface area contributed by atoms with Crippen molar-refractivity contribution in [3.05, 3.63) is 102 Å². The Morgan fingerprint density at radius 3 is 1.65 bits per heavy atom. The van der Waals surface area contributed by atoms with Crippen molar-refractivity contribution in [1.29, 1.82) is 0 Å². The smallest absolute Gasteiger partial charge is 0.162 e. The third-order valence-electron chi connectivity index (χ3n) is 3.32. The van der Waals surface area contributed by atoms with Gasteiger partial charge < -0.3 is 5.73 Å². The SMILES string of the molecule is NC(=NC(=Nc1ccccc1)c1ccccc1)c1ccccc1. The van der Waals surface area contributed by atoms with Crippen LogP contribution in [0.2, 0.25) is 0 Å². The number of hydrogen-bond donors (Lipinski definition) is 1. The van der Waals surface area contributed by atoms with E-state index in [1.807, 2.05) is 91.0 Å². The molecule has 0 fully saturated rings. The van der Waals surface area contributed by atoms with Gasteiger partial charge >= 0.3 is 0 Å². The Labute approximate surface area is 135 Å². The number of nitrogens with two attached hydrogens (primary N) is 1. The first-order valence-electron chi connectivity index (χ1n) is 7.42. The van der Waals surface area contributed by atoms with Gasteiger partial charge in [0, 0.05) is 11.1 Å². The van der Waals surface area contributed by atoms with Crippen LogP contribution in [0.15, 0.2) is 101 Å². The molecule has 3 nitrogen and oxygen atoms in total. The first-order chi connectivity index (χ1) is 11.3. The molecule has 0 saturated carbocycles. The summed E-state index contributed by atoms with van der Waals surface area (Å²) >= 11 is 0. The van der Waals surface area contributed by atoms with E-state index in [0.29, 0.717) is 11.7 Å². The highest BCUT2D eigenvalue weighted by molar-refractivity contribution is 6.11. The molecular formula is C20H17N3. The first-order valence-corrected chi connectivity index (χ1v) is 7.42. The largest absolute Gasteiger partial charge is 0.383 e. The lowest BCUT2D eigenvalue weighted by atomic mass is 10.2. The Morgan fingerprint density at radius 1 is 0.609 bits per heavy atom. The second kappa shape index (κ2) is 7.18. The summed E-state index contributed by atoms with van der Waals surface area (Å²) in [6.45, 7) is 0. The van der Waals surface area contributed by atoms with Gasteiger partial charge in [0.1, 0.15) is 5.84 Å². The fourth-order valence-electron chi connectivity index (χ4n) is 2.15. The van der Waals surface area contributed by atoms with Crippen LogP contribution in [0, 0.1) is 0 Å². The molecular weight excluding hydrogens is 282 g/mol. The Morgan fingerprint density at radius 2 is 1.09 bits per heavy atom. The predicted octanol–water partition coefficient (Wildman–Crippen LogP) is 4.17. The lowest BCUT2D eigenvalue weighted by molar-refractivity contribution is 1.42. The fraction of sp³-hybridized carbons (Fsp3) is 0.